The van der Waals surface area contributed by atoms with Crippen molar-refractivity contribution in [1.82, 2.24) is 10.6 Å². The second kappa shape index (κ2) is 5.47. The Morgan fingerprint density at radius 3 is 3.06 bits per heavy atom. The van der Waals surface area contributed by atoms with Gasteiger partial charge in [0.25, 0.3) is 5.91 Å². The third kappa shape index (κ3) is 3.17. The van der Waals surface area contributed by atoms with E-state index in [1.165, 1.54) is 12.1 Å². The molecule has 2 rings (SSSR count). The summed E-state index contributed by atoms with van der Waals surface area (Å²) in [4.78, 5) is 11.8. The second-order valence-electron chi connectivity index (χ2n) is 4.13. The highest BCUT2D eigenvalue weighted by Gasteiger charge is 2.16. The van der Waals surface area contributed by atoms with Crippen molar-refractivity contribution < 1.29 is 9.18 Å². The Kier molecular flexibility index (Phi) is 3.97. The van der Waals surface area contributed by atoms with Gasteiger partial charge in [-0.25, -0.2) is 4.39 Å². The van der Waals surface area contributed by atoms with Gasteiger partial charge in [-0.1, -0.05) is 11.6 Å². The maximum absolute atomic E-state index is 12.8. The van der Waals surface area contributed by atoms with E-state index in [0.717, 1.165) is 25.5 Å². The minimum absolute atomic E-state index is 0.141. The normalized spacial score (nSPS) is 19.3. The fourth-order valence-corrected chi connectivity index (χ4v) is 2.17. The molecule has 1 aromatic carbocycles. The van der Waals surface area contributed by atoms with E-state index in [1.807, 2.05) is 0 Å². The molecule has 17 heavy (non-hydrogen) atoms. The highest BCUT2D eigenvalue weighted by atomic mass is 35.5. The lowest BCUT2D eigenvalue weighted by atomic mass is 10.2. The molecule has 3 nitrogen and oxygen atoms in total. The van der Waals surface area contributed by atoms with Crippen molar-refractivity contribution in [2.75, 3.05) is 13.1 Å². The Balaban J connectivity index is 1.94. The predicted octanol–water partition coefficient (Wildman–Crippen LogP) is 1.96. The lowest BCUT2D eigenvalue weighted by Gasteiger charge is -2.12. The molecule has 0 spiro atoms. The molecule has 1 aromatic rings. The van der Waals surface area contributed by atoms with Gasteiger partial charge in [0, 0.05) is 12.6 Å². The molecule has 0 saturated carbocycles. The summed E-state index contributed by atoms with van der Waals surface area (Å²) in [6, 6.07) is 4.10. The number of amides is 1. The Bertz CT molecular complexity index is 419. The average molecular weight is 257 g/mol. The van der Waals surface area contributed by atoms with Crippen LogP contribution < -0.4 is 10.6 Å². The average Bonchev–Trinajstić information content (AvgIpc) is 2.78. The molecule has 1 atom stereocenters. The quantitative estimate of drug-likeness (QED) is 0.868. The van der Waals surface area contributed by atoms with Gasteiger partial charge in [-0.15, -0.1) is 0 Å². The Hall–Kier alpha value is -1.13. The van der Waals surface area contributed by atoms with Gasteiger partial charge in [0.05, 0.1) is 10.6 Å². The van der Waals surface area contributed by atoms with Crippen LogP contribution in [0, 0.1) is 5.82 Å². The standard InChI is InChI=1S/C12H14ClFN2O/c13-11-6-8(14)3-4-10(11)12(17)16-7-9-2-1-5-15-9/h3-4,6,9,15H,1-2,5,7H2,(H,16,17). The summed E-state index contributed by atoms with van der Waals surface area (Å²) in [6.07, 6.45) is 2.20. The number of hydrogen-bond acceptors (Lipinski definition) is 2. The van der Waals surface area contributed by atoms with Crippen LogP contribution in [0.15, 0.2) is 18.2 Å². The van der Waals surface area contributed by atoms with Crippen molar-refractivity contribution in [3.8, 4) is 0 Å². The fraction of sp³-hybridized carbons (Fsp3) is 0.417. The van der Waals surface area contributed by atoms with Crippen LogP contribution in [0.3, 0.4) is 0 Å². The smallest absolute Gasteiger partial charge is 0.252 e. The van der Waals surface area contributed by atoms with Gasteiger partial charge in [-0.05, 0) is 37.6 Å². The number of benzene rings is 1. The molecule has 1 aliphatic rings. The van der Waals surface area contributed by atoms with Crippen LogP contribution in [0.5, 0.6) is 0 Å². The molecule has 1 aliphatic heterocycles. The predicted molar refractivity (Wildman–Crippen MR) is 64.8 cm³/mol. The van der Waals surface area contributed by atoms with Crippen molar-refractivity contribution in [2.24, 2.45) is 0 Å². The van der Waals surface area contributed by atoms with Crippen molar-refractivity contribution >= 4 is 17.5 Å². The van der Waals surface area contributed by atoms with Crippen molar-refractivity contribution in [2.45, 2.75) is 18.9 Å². The van der Waals surface area contributed by atoms with Crippen LogP contribution in [0.2, 0.25) is 5.02 Å². The molecule has 1 unspecified atom stereocenters. The second-order valence-corrected chi connectivity index (χ2v) is 4.53. The van der Waals surface area contributed by atoms with Crippen LogP contribution in [0.1, 0.15) is 23.2 Å². The van der Waals surface area contributed by atoms with Crippen molar-refractivity contribution in [3.05, 3.63) is 34.6 Å². The molecule has 5 heteroatoms. The number of hydrogen-bond donors (Lipinski definition) is 2. The molecule has 1 fully saturated rings. The molecule has 92 valence electrons. The van der Waals surface area contributed by atoms with Crippen LogP contribution in [-0.4, -0.2) is 25.0 Å². The number of carbonyl (C=O) groups is 1. The summed E-state index contributed by atoms with van der Waals surface area (Å²) in [5, 5.41) is 6.21. The van der Waals surface area contributed by atoms with Crippen LogP contribution in [-0.2, 0) is 0 Å². The first-order valence-electron chi connectivity index (χ1n) is 5.63. The van der Waals surface area contributed by atoms with Crippen molar-refractivity contribution in [3.63, 3.8) is 0 Å². The van der Waals surface area contributed by atoms with Gasteiger partial charge in [0.1, 0.15) is 5.82 Å². The van der Waals surface area contributed by atoms with E-state index >= 15 is 0 Å². The molecule has 0 bridgehead atoms. The molecule has 2 N–H and O–H groups in total. The summed E-state index contributed by atoms with van der Waals surface area (Å²) >= 11 is 5.80. The maximum Gasteiger partial charge on any atom is 0.252 e. The van der Waals surface area contributed by atoms with E-state index in [0.29, 0.717) is 18.2 Å². The first-order valence-corrected chi connectivity index (χ1v) is 6.01. The van der Waals surface area contributed by atoms with Gasteiger partial charge >= 0.3 is 0 Å². The molecular formula is C12H14ClFN2O. The largest absolute Gasteiger partial charge is 0.350 e. The highest BCUT2D eigenvalue weighted by molar-refractivity contribution is 6.33. The lowest BCUT2D eigenvalue weighted by molar-refractivity contribution is 0.0950. The minimum atomic E-state index is -0.441. The Morgan fingerprint density at radius 2 is 2.41 bits per heavy atom. The van der Waals surface area contributed by atoms with Crippen LogP contribution in [0.25, 0.3) is 0 Å². The van der Waals surface area contributed by atoms with Crippen molar-refractivity contribution in [1.29, 1.82) is 0 Å². The highest BCUT2D eigenvalue weighted by Crippen LogP contribution is 2.17. The molecule has 1 heterocycles. The summed E-state index contributed by atoms with van der Waals surface area (Å²) < 4.78 is 12.8. The maximum atomic E-state index is 12.8. The summed E-state index contributed by atoms with van der Waals surface area (Å²) in [5.74, 6) is -0.701. The molecule has 0 radical (unpaired) electrons. The third-order valence-electron chi connectivity index (χ3n) is 2.85. The zero-order valence-corrected chi connectivity index (χ0v) is 10.1. The summed E-state index contributed by atoms with van der Waals surface area (Å²) in [6.45, 7) is 1.57. The zero-order chi connectivity index (χ0) is 12.3. The molecule has 0 aromatic heterocycles. The fourth-order valence-electron chi connectivity index (χ4n) is 1.92. The molecule has 0 aliphatic carbocycles. The van der Waals surface area contributed by atoms with E-state index in [9.17, 15) is 9.18 Å². The molecule has 1 amide bonds. The summed E-state index contributed by atoms with van der Waals surface area (Å²) in [7, 11) is 0. The van der Waals surface area contributed by atoms with Gasteiger partial charge in [-0.3, -0.25) is 4.79 Å². The van der Waals surface area contributed by atoms with Gasteiger partial charge in [0.15, 0.2) is 0 Å². The van der Waals surface area contributed by atoms with Gasteiger partial charge in [-0.2, -0.15) is 0 Å². The Labute approximate surface area is 104 Å². The monoisotopic (exact) mass is 256 g/mol. The topological polar surface area (TPSA) is 41.1 Å². The van der Waals surface area contributed by atoms with Gasteiger partial charge in [0.2, 0.25) is 0 Å². The van der Waals surface area contributed by atoms with E-state index in [1.54, 1.807) is 0 Å². The first kappa shape index (κ1) is 12.3. The van der Waals surface area contributed by atoms with E-state index < -0.39 is 5.82 Å². The third-order valence-corrected chi connectivity index (χ3v) is 3.16. The molecule has 1 saturated heterocycles. The first-order chi connectivity index (χ1) is 8.16. The van der Waals surface area contributed by atoms with Crippen LogP contribution >= 0.6 is 11.6 Å². The zero-order valence-electron chi connectivity index (χ0n) is 9.30. The SMILES string of the molecule is O=C(NCC1CCCN1)c1ccc(F)cc1Cl. The molecular weight excluding hydrogens is 243 g/mol. The van der Waals surface area contributed by atoms with E-state index in [-0.39, 0.29) is 10.9 Å². The number of halogens is 2. The number of nitrogens with one attached hydrogen (secondary N) is 2. The Morgan fingerprint density at radius 1 is 1.59 bits per heavy atom. The minimum Gasteiger partial charge on any atom is -0.350 e. The van der Waals surface area contributed by atoms with E-state index in [2.05, 4.69) is 10.6 Å². The van der Waals surface area contributed by atoms with Crippen LogP contribution in [0.4, 0.5) is 4.39 Å². The summed E-state index contributed by atoms with van der Waals surface area (Å²) in [5.41, 5.74) is 0.311. The number of carbonyl (C=O) groups excluding carboxylic acids is 1. The number of rotatable bonds is 3. The van der Waals surface area contributed by atoms with Gasteiger partial charge < -0.3 is 10.6 Å². The van der Waals surface area contributed by atoms with E-state index in [4.69, 9.17) is 11.6 Å². The lowest BCUT2D eigenvalue weighted by Crippen LogP contribution is -2.37.